The molecular formula is C36H52F2O. The number of hydrogen-bond acceptors (Lipinski definition) is 1. The van der Waals surface area contributed by atoms with Crippen LogP contribution in [0.4, 0.5) is 8.78 Å². The van der Waals surface area contributed by atoms with Crippen molar-refractivity contribution in [2.75, 3.05) is 6.61 Å². The summed E-state index contributed by atoms with van der Waals surface area (Å²) in [5, 5.41) is 0. The molecule has 216 valence electrons. The molecule has 4 rings (SSSR count). The number of unbranched alkanes of at least 4 members (excludes halogenated alkanes) is 4. The molecule has 2 fully saturated rings. The van der Waals surface area contributed by atoms with E-state index in [1.807, 2.05) is 18.2 Å². The normalized spacial score (nSPS) is 24.4. The first-order valence-corrected chi connectivity index (χ1v) is 16.2. The van der Waals surface area contributed by atoms with Crippen LogP contribution in [0.25, 0.3) is 0 Å². The third kappa shape index (κ3) is 9.05. The van der Waals surface area contributed by atoms with Gasteiger partial charge in [0.2, 0.25) is 0 Å². The highest BCUT2D eigenvalue weighted by Crippen LogP contribution is 2.39. The Hall–Kier alpha value is -1.90. The molecule has 3 heteroatoms. The lowest BCUT2D eigenvalue weighted by Gasteiger charge is -2.29. The lowest BCUT2D eigenvalue weighted by molar-refractivity contribution is 0.231. The molecule has 0 amide bonds. The second-order valence-electron chi connectivity index (χ2n) is 12.5. The standard InChI is InChI=1S/C36H52F2O/c1-3-5-6-7-8-9-28-12-16-29(17-13-28)30-18-20-32(21-19-30)34(37)24-25-39-36-23-22-33(26-35(36)38)31-14-10-27(4-2)11-15-31/h18-23,26-29,31,34H,3-17,24-25H2,1-2H3. The van der Waals surface area contributed by atoms with Crippen LogP contribution in [0.5, 0.6) is 5.75 Å². The summed E-state index contributed by atoms with van der Waals surface area (Å²) in [6.07, 6.45) is 18.6. The number of rotatable bonds is 14. The van der Waals surface area contributed by atoms with Crippen molar-refractivity contribution in [1.82, 2.24) is 0 Å². The average molecular weight is 539 g/mol. The highest BCUT2D eigenvalue weighted by atomic mass is 19.1. The van der Waals surface area contributed by atoms with Gasteiger partial charge in [0.15, 0.2) is 11.6 Å². The Balaban J connectivity index is 1.17. The molecule has 2 aromatic carbocycles. The predicted molar refractivity (Wildman–Crippen MR) is 160 cm³/mol. The van der Waals surface area contributed by atoms with Crippen LogP contribution in [-0.2, 0) is 0 Å². The average Bonchev–Trinajstić information content (AvgIpc) is 2.98. The van der Waals surface area contributed by atoms with Gasteiger partial charge in [0, 0.05) is 6.42 Å². The highest BCUT2D eigenvalue weighted by molar-refractivity contribution is 5.32. The van der Waals surface area contributed by atoms with E-state index < -0.39 is 6.17 Å². The number of halogens is 2. The molecule has 2 saturated carbocycles. The van der Waals surface area contributed by atoms with Gasteiger partial charge in [-0.15, -0.1) is 0 Å². The van der Waals surface area contributed by atoms with Gasteiger partial charge in [-0.05, 0) is 104 Å². The number of benzene rings is 2. The molecule has 2 aromatic rings. The first kappa shape index (κ1) is 30.1. The SMILES string of the molecule is CCCCCCCC1CCC(c2ccc(C(F)CCOc3ccc(C4CCC(CC)CC4)cc3F)cc2)CC1. The van der Waals surface area contributed by atoms with Crippen LogP contribution in [0.15, 0.2) is 42.5 Å². The summed E-state index contributed by atoms with van der Waals surface area (Å²) >= 11 is 0. The van der Waals surface area contributed by atoms with Crippen molar-refractivity contribution in [3.8, 4) is 5.75 Å². The molecule has 0 spiro atoms. The number of alkyl halides is 1. The van der Waals surface area contributed by atoms with Crippen molar-refractivity contribution < 1.29 is 13.5 Å². The first-order valence-electron chi connectivity index (χ1n) is 16.2. The summed E-state index contributed by atoms with van der Waals surface area (Å²) in [6, 6.07) is 13.5. The van der Waals surface area contributed by atoms with E-state index in [0.29, 0.717) is 17.4 Å². The maximum Gasteiger partial charge on any atom is 0.165 e. The second-order valence-corrected chi connectivity index (χ2v) is 12.5. The fraction of sp³-hybridized carbons (Fsp3) is 0.667. The summed E-state index contributed by atoms with van der Waals surface area (Å²) in [4.78, 5) is 0. The molecule has 0 N–H and O–H groups in total. The van der Waals surface area contributed by atoms with E-state index >= 15 is 0 Å². The summed E-state index contributed by atoms with van der Waals surface area (Å²) in [5.74, 6) is 2.71. The zero-order valence-electron chi connectivity index (χ0n) is 24.6. The van der Waals surface area contributed by atoms with Gasteiger partial charge in [-0.2, -0.15) is 0 Å². The molecule has 2 aliphatic rings. The largest absolute Gasteiger partial charge is 0.490 e. The second kappa shape index (κ2) is 15.8. The Morgan fingerprint density at radius 3 is 2.00 bits per heavy atom. The van der Waals surface area contributed by atoms with Crippen molar-refractivity contribution in [2.24, 2.45) is 11.8 Å². The number of ether oxygens (including phenoxy) is 1. The Labute approximate surface area is 237 Å². The van der Waals surface area contributed by atoms with Crippen molar-refractivity contribution in [1.29, 1.82) is 0 Å². The van der Waals surface area contributed by atoms with Crippen LogP contribution in [-0.4, -0.2) is 6.61 Å². The van der Waals surface area contributed by atoms with Crippen LogP contribution in [0, 0.1) is 17.7 Å². The maximum absolute atomic E-state index is 15.0. The van der Waals surface area contributed by atoms with E-state index in [-0.39, 0.29) is 24.6 Å². The monoisotopic (exact) mass is 538 g/mol. The molecule has 2 aliphatic carbocycles. The lowest BCUT2D eigenvalue weighted by Crippen LogP contribution is -2.13. The molecular weight excluding hydrogens is 486 g/mol. The minimum atomic E-state index is -1.10. The van der Waals surface area contributed by atoms with Crippen LogP contribution in [0.1, 0.15) is 151 Å². The molecule has 0 radical (unpaired) electrons. The van der Waals surface area contributed by atoms with Gasteiger partial charge in [-0.25, -0.2) is 8.78 Å². The Morgan fingerprint density at radius 1 is 0.744 bits per heavy atom. The maximum atomic E-state index is 15.0. The van der Waals surface area contributed by atoms with Gasteiger partial charge >= 0.3 is 0 Å². The topological polar surface area (TPSA) is 9.23 Å². The summed E-state index contributed by atoms with van der Waals surface area (Å²) < 4.78 is 35.3. The van der Waals surface area contributed by atoms with Gasteiger partial charge in [-0.3, -0.25) is 0 Å². The van der Waals surface area contributed by atoms with Crippen molar-refractivity contribution in [3.05, 3.63) is 65.0 Å². The van der Waals surface area contributed by atoms with E-state index in [0.717, 1.165) is 30.2 Å². The molecule has 0 saturated heterocycles. The smallest absolute Gasteiger partial charge is 0.165 e. The van der Waals surface area contributed by atoms with Crippen LogP contribution < -0.4 is 4.74 Å². The zero-order chi connectivity index (χ0) is 27.5. The quantitative estimate of drug-likeness (QED) is 0.217. The van der Waals surface area contributed by atoms with E-state index in [2.05, 4.69) is 26.0 Å². The summed E-state index contributed by atoms with van der Waals surface area (Å²) in [5.41, 5.74) is 3.13. The van der Waals surface area contributed by atoms with Gasteiger partial charge in [0.25, 0.3) is 0 Å². The number of hydrogen-bond donors (Lipinski definition) is 0. The molecule has 0 aliphatic heterocycles. The lowest BCUT2D eigenvalue weighted by atomic mass is 9.77. The third-order valence-corrected chi connectivity index (χ3v) is 9.81. The summed E-state index contributed by atoms with van der Waals surface area (Å²) in [7, 11) is 0. The van der Waals surface area contributed by atoms with Gasteiger partial charge in [0.05, 0.1) is 6.61 Å². The van der Waals surface area contributed by atoms with E-state index in [1.165, 1.54) is 89.0 Å². The van der Waals surface area contributed by atoms with Gasteiger partial charge in [-0.1, -0.05) is 89.1 Å². The van der Waals surface area contributed by atoms with Crippen molar-refractivity contribution >= 4 is 0 Å². The van der Waals surface area contributed by atoms with E-state index in [4.69, 9.17) is 4.74 Å². The molecule has 1 unspecified atom stereocenters. The minimum Gasteiger partial charge on any atom is -0.490 e. The van der Waals surface area contributed by atoms with Crippen molar-refractivity contribution in [2.45, 2.75) is 135 Å². The highest BCUT2D eigenvalue weighted by Gasteiger charge is 2.24. The Kier molecular flexibility index (Phi) is 12.2. The summed E-state index contributed by atoms with van der Waals surface area (Å²) in [6.45, 7) is 4.70. The van der Waals surface area contributed by atoms with Gasteiger partial charge in [0.1, 0.15) is 6.17 Å². The Bertz CT molecular complexity index is 955. The van der Waals surface area contributed by atoms with Crippen LogP contribution >= 0.6 is 0 Å². The predicted octanol–water partition coefficient (Wildman–Crippen LogP) is 11.6. The van der Waals surface area contributed by atoms with Crippen LogP contribution in [0.3, 0.4) is 0 Å². The fourth-order valence-corrected chi connectivity index (χ4v) is 7.03. The van der Waals surface area contributed by atoms with Gasteiger partial charge < -0.3 is 4.74 Å². The minimum absolute atomic E-state index is 0.170. The third-order valence-electron chi connectivity index (χ3n) is 9.81. The zero-order valence-corrected chi connectivity index (χ0v) is 24.6. The van der Waals surface area contributed by atoms with E-state index in [9.17, 15) is 8.78 Å². The molecule has 0 heterocycles. The Morgan fingerprint density at radius 2 is 1.36 bits per heavy atom. The molecule has 0 aromatic heterocycles. The molecule has 39 heavy (non-hydrogen) atoms. The molecule has 1 atom stereocenters. The van der Waals surface area contributed by atoms with Crippen LogP contribution in [0.2, 0.25) is 0 Å². The molecule has 1 nitrogen and oxygen atoms in total. The fourth-order valence-electron chi connectivity index (χ4n) is 7.03. The van der Waals surface area contributed by atoms with Crippen molar-refractivity contribution in [3.63, 3.8) is 0 Å². The molecule has 0 bridgehead atoms. The van der Waals surface area contributed by atoms with E-state index in [1.54, 1.807) is 12.1 Å². The first-order chi connectivity index (χ1) is 19.1.